The average molecular weight is 243 g/mol. The first kappa shape index (κ1) is 12.1. The Morgan fingerprint density at radius 2 is 1.83 bits per heavy atom. The summed E-state index contributed by atoms with van der Waals surface area (Å²) in [4.78, 5) is 23.0. The average Bonchev–Trinajstić information content (AvgIpc) is 2.71. The second-order valence-corrected chi connectivity index (χ2v) is 4.06. The van der Waals surface area contributed by atoms with Gasteiger partial charge in [-0.2, -0.15) is 0 Å². The van der Waals surface area contributed by atoms with Crippen molar-refractivity contribution < 1.29 is 14.7 Å². The summed E-state index contributed by atoms with van der Waals surface area (Å²) in [7, 11) is 0. The number of rotatable bonds is 3. The fourth-order valence-electron chi connectivity index (χ4n) is 1.84. The second-order valence-electron chi connectivity index (χ2n) is 4.06. The maximum absolute atomic E-state index is 12.2. The van der Waals surface area contributed by atoms with Gasteiger partial charge in [0.15, 0.2) is 0 Å². The van der Waals surface area contributed by atoms with Gasteiger partial charge in [0.25, 0.3) is 5.91 Å². The predicted octanol–water partition coefficient (Wildman–Crippen LogP) is 2.11. The molecule has 1 aromatic heterocycles. The van der Waals surface area contributed by atoms with Crippen LogP contribution in [0.1, 0.15) is 21.6 Å². The van der Waals surface area contributed by atoms with Crippen LogP contribution in [0.15, 0.2) is 42.6 Å². The first-order valence-electron chi connectivity index (χ1n) is 5.58. The van der Waals surface area contributed by atoms with Crippen LogP contribution in [0.2, 0.25) is 0 Å². The summed E-state index contributed by atoms with van der Waals surface area (Å²) in [6, 6.07) is 10.6. The number of hydrogen-bond donors (Lipinski definition) is 1. The van der Waals surface area contributed by atoms with Gasteiger partial charge in [0.05, 0.1) is 6.42 Å². The number of nitrogens with zero attached hydrogens (tertiary/aromatic N) is 1. The molecule has 1 N–H and O–H groups in total. The van der Waals surface area contributed by atoms with Crippen LogP contribution in [0, 0.1) is 6.92 Å². The van der Waals surface area contributed by atoms with Crippen LogP contribution in [0.4, 0.5) is 0 Å². The lowest BCUT2D eigenvalue weighted by Gasteiger charge is -2.07. The first-order chi connectivity index (χ1) is 8.59. The van der Waals surface area contributed by atoms with E-state index in [1.807, 2.05) is 6.07 Å². The Bertz CT molecular complexity index is 584. The zero-order valence-electron chi connectivity index (χ0n) is 9.96. The normalized spacial score (nSPS) is 10.3. The maximum Gasteiger partial charge on any atom is 0.309 e. The SMILES string of the molecule is Cc1ccn(C(=O)c2ccccc2)c1CC(=O)O. The summed E-state index contributed by atoms with van der Waals surface area (Å²) in [5.74, 6) is -1.15. The summed E-state index contributed by atoms with van der Waals surface area (Å²) in [5.41, 5.74) is 1.87. The minimum absolute atomic E-state index is 0.155. The molecule has 0 aliphatic rings. The number of carboxylic acids is 1. The highest BCUT2D eigenvalue weighted by Crippen LogP contribution is 2.13. The Morgan fingerprint density at radius 1 is 1.17 bits per heavy atom. The fraction of sp³-hybridized carbons (Fsp3) is 0.143. The van der Waals surface area contributed by atoms with E-state index in [0.717, 1.165) is 5.56 Å². The van der Waals surface area contributed by atoms with Crippen molar-refractivity contribution in [2.45, 2.75) is 13.3 Å². The molecule has 2 rings (SSSR count). The standard InChI is InChI=1S/C14H13NO3/c1-10-7-8-15(12(10)9-13(16)17)14(18)11-5-3-2-4-6-11/h2-8H,9H2,1H3,(H,16,17). The van der Waals surface area contributed by atoms with Crippen LogP contribution in [0.3, 0.4) is 0 Å². The van der Waals surface area contributed by atoms with Crippen molar-refractivity contribution in [1.29, 1.82) is 0 Å². The minimum atomic E-state index is -0.945. The topological polar surface area (TPSA) is 59.3 Å². The lowest BCUT2D eigenvalue weighted by molar-refractivity contribution is -0.136. The molecule has 0 bridgehead atoms. The molecule has 0 saturated heterocycles. The quantitative estimate of drug-likeness (QED) is 0.898. The number of carbonyl (C=O) groups excluding carboxylic acids is 1. The Labute approximate surface area is 104 Å². The molecule has 0 unspecified atom stereocenters. The van der Waals surface area contributed by atoms with Gasteiger partial charge in [-0.25, -0.2) is 0 Å². The van der Waals surface area contributed by atoms with Crippen LogP contribution < -0.4 is 0 Å². The number of carboxylic acid groups (broad SMARTS) is 1. The van der Waals surface area contributed by atoms with E-state index in [9.17, 15) is 9.59 Å². The molecule has 2 aromatic rings. The molecular formula is C14H13NO3. The smallest absolute Gasteiger partial charge is 0.309 e. The van der Waals surface area contributed by atoms with Gasteiger partial charge in [-0.15, -0.1) is 0 Å². The molecule has 0 radical (unpaired) electrons. The molecule has 0 aliphatic carbocycles. The van der Waals surface area contributed by atoms with Gasteiger partial charge in [-0.1, -0.05) is 18.2 Å². The Kier molecular flexibility index (Phi) is 3.28. The summed E-state index contributed by atoms with van der Waals surface area (Å²) >= 11 is 0. The lowest BCUT2D eigenvalue weighted by atomic mass is 10.2. The van der Waals surface area contributed by atoms with Gasteiger partial charge in [-0.05, 0) is 30.7 Å². The van der Waals surface area contributed by atoms with E-state index in [1.165, 1.54) is 4.57 Å². The van der Waals surface area contributed by atoms with Crippen molar-refractivity contribution in [3.63, 3.8) is 0 Å². The highest BCUT2D eigenvalue weighted by molar-refractivity contribution is 5.96. The number of aryl methyl sites for hydroxylation is 1. The zero-order valence-corrected chi connectivity index (χ0v) is 9.96. The van der Waals surface area contributed by atoms with Crippen LogP contribution in [-0.4, -0.2) is 21.6 Å². The monoisotopic (exact) mass is 243 g/mol. The third kappa shape index (κ3) is 2.32. The zero-order chi connectivity index (χ0) is 13.1. The van der Waals surface area contributed by atoms with E-state index in [-0.39, 0.29) is 12.3 Å². The van der Waals surface area contributed by atoms with Gasteiger partial charge in [-0.3, -0.25) is 14.2 Å². The predicted molar refractivity (Wildman–Crippen MR) is 66.7 cm³/mol. The molecule has 18 heavy (non-hydrogen) atoms. The third-order valence-electron chi connectivity index (χ3n) is 2.78. The first-order valence-corrected chi connectivity index (χ1v) is 5.58. The van der Waals surface area contributed by atoms with Crippen molar-refractivity contribution in [3.05, 3.63) is 59.4 Å². The Balaban J connectivity index is 2.40. The summed E-state index contributed by atoms with van der Waals surface area (Å²) in [6.07, 6.45) is 1.46. The summed E-state index contributed by atoms with van der Waals surface area (Å²) in [6.45, 7) is 1.80. The molecule has 1 aromatic carbocycles. The molecule has 0 atom stereocenters. The molecule has 4 heteroatoms. The van der Waals surface area contributed by atoms with Crippen LogP contribution >= 0.6 is 0 Å². The van der Waals surface area contributed by atoms with Crippen molar-refractivity contribution in [1.82, 2.24) is 4.57 Å². The van der Waals surface area contributed by atoms with Crippen LogP contribution in [0.5, 0.6) is 0 Å². The van der Waals surface area contributed by atoms with E-state index in [0.29, 0.717) is 11.3 Å². The molecule has 0 fully saturated rings. The van der Waals surface area contributed by atoms with Crippen molar-refractivity contribution >= 4 is 11.9 Å². The van der Waals surface area contributed by atoms with E-state index in [1.54, 1.807) is 43.5 Å². The molecular weight excluding hydrogens is 230 g/mol. The molecule has 0 saturated carbocycles. The number of carbonyl (C=O) groups is 2. The molecule has 0 aliphatic heterocycles. The van der Waals surface area contributed by atoms with Crippen LogP contribution in [-0.2, 0) is 11.2 Å². The number of hydrogen-bond acceptors (Lipinski definition) is 2. The van der Waals surface area contributed by atoms with Crippen LogP contribution in [0.25, 0.3) is 0 Å². The molecule has 0 spiro atoms. The van der Waals surface area contributed by atoms with Gasteiger partial charge < -0.3 is 5.11 Å². The largest absolute Gasteiger partial charge is 0.481 e. The molecule has 4 nitrogen and oxygen atoms in total. The second kappa shape index (κ2) is 4.87. The highest BCUT2D eigenvalue weighted by atomic mass is 16.4. The molecule has 92 valence electrons. The highest BCUT2D eigenvalue weighted by Gasteiger charge is 2.15. The van der Waals surface area contributed by atoms with E-state index in [2.05, 4.69) is 0 Å². The van der Waals surface area contributed by atoms with E-state index >= 15 is 0 Å². The van der Waals surface area contributed by atoms with Crippen molar-refractivity contribution in [2.75, 3.05) is 0 Å². The van der Waals surface area contributed by atoms with Gasteiger partial charge in [0.2, 0.25) is 0 Å². The van der Waals surface area contributed by atoms with Gasteiger partial charge >= 0.3 is 5.97 Å². The number of benzene rings is 1. The van der Waals surface area contributed by atoms with Gasteiger partial charge in [0, 0.05) is 17.5 Å². The number of aliphatic carboxylic acids is 1. The van der Waals surface area contributed by atoms with E-state index in [4.69, 9.17) is 5.11 Å². The van der Waals surface area contributed by atoms with E-state index < -0.39 is 5.97 Å². The summed E-state index contributed by atoms with van der Waals surface area (Å²) in [5, 5.41) is 8.86. The Hall–Kier alpha value is -2.36. The molecule has 1 heterocycles. The minimum Gasteiger partial charge on any atom is -0.481 e. The summed E-state index contributed by atoms with van der Waals surface area (Å²) < 4.78 is 1.40. The van der Waals surface area contributed by atoms with Gasteiger partial charge in [0.1, 0.15) is 0 Å². The van der Waals surface area contributed by atoms with Crippen molar-refractivity contribution in [3.8, 4) is 0 Å². The lowest BCUT2D eigenvalue weighted by Crippen LogP contribution is -2.16. The third-order valence-corrected chi connectivity index (χ3v) is 2.78. The number of aromatic nitrogens is 1. The fourth-order valence-corrected chi connectivity index (χ4v) is 1.84. The molecule has 0 amide bonds. The Morgan fingerprint density at radius 3 is 2.44 bits per heavy atom. The van der Waals surface area contributed by atoms with Crippen molar-refractivity contribution in [2.24, 2.45) is 0 Å². The maximum atomic E-state index is 12.2.